The number of piperazine rings is 1. The lowest BCUT2D eigenvalue weighted by molar-refractivity contribution is -0.206. The summed E-state index contributed by atoms with van der Waals surface area (Å²) in [7, 11) is 0. The zero-order valence-corrected chi connectivity index (χ0v) is 11.9. The van der Waals surface area contributed by atoms with E-state index in [0.717, 1.165) is 52.0 Å². The Morgan fingerprint density at radius 2 is 1.84 bits per heavy atom. The van der Waals surface area contributed by atoms with Crippen LogP contribution in [0.1, 0.15) is 26.2 Å². The van der Waals surface area contributed by atoms with Crippen LogP contribution in [0.4, 0.5) is 0 Å². The van der Waals surface area contributed by atoms with Crippen LogP contribution in [0.3, 0.4) is 0 Å². The van der Waals surface area contributed by atoms with Crippen molar-refractivity contribution in [2.45, 2.75) is 44.1 Å². The van der Waals surface area contributed by atoms with Gasteiger partial charge in [-0.15, -0.1) is 0 Å². The molecule has 0 aromatic heterocycles. The number of aliphatic hydroxyl groups is 1. The van der Waals surface area contributed by atoms with Crippen LogP contribution >= 0.6 is 0 Å². The number of ether oxygens (including phenoxy) is 2. The van der Waals surface area contributed by atoms with E-state index in [-0.39, 0.29) is 12.1 Å². The molecule has 0 aromatic carbocycles. The van der Waals surface area contributed by atoms with Gasteiger partial charge in [-0.2, -0.15) is 0 Å². The fourth-order valence-electron chi connectivity index (χ4n) is 3.66. The molecule has 1 saturated carbocycles. The van der Waals surface area contributed by atoms with Gasteiger partial charge in [-0.1, -0.05) is 6.92 Å². The molecular weight excluding hydrogens is 244 g/mol. The maximum Gasteiger partial charge on any atom is 0.170 e. The highest BCUT2D eigenvalue weighted by molar-refractivity contribution is 4.94. The number of rotatable bonds is 2. The van der Waals surface area contributed by atoms with Crippen LogP contribution in [0.5, 0.6) is 0 Å². The smallest absolute Gasteiger partial charge is 0.170 e. The van der Waals surface area contributed by atoms with Crippen molar-refractivity contribution in [2.75, 3.05) is 45.9 Å². The van der Waals surface area contributed by atoms with Gasteiger partial charge in [-0.05, 0) is 13.0 Å². The molecule has 2 saturated heterocycles. The molecule has 3 aliphatic rings. The highest BCUT2D eigenvalue weighted by Crippen LogP contribution is 2.38. The molecule has 2 atom stereocenters. The molecule has 1 aliphatic carbocycles. The number of hydrogen-bond donors (Lipinski definition) is 1. The van der Waals surface area contributed by atoms with Gasteiger partial charge in [0.1, 0.15) is 0 Å². The van der Waals surface area contributed by atoms with Crippen molar-refractivity contribution >= 4 is 0 Å². The Hall–Kier alpha value is -0.200. The minimum absolute atomic E-state index is 0.200. The van der Waals surface area contributed by atoms with Gasteiger partial charge < -0.3 is 19.5 Å². The molecule has 2 aliphatic heterocycles. The predicted molar refractivity (Wildman–Crippen MR) is 72.0 cm³/mol. The fraction of sp³-hybridized carbons (Fsp3) is 1.00. The Bertz CT molecular complexity index is 299. The lowest BCUT2D eigenvalue weighted by Crippen LogP contribution is -2.58. The average Bonchev–Trinajstić information content (AvgIpc) is 2.90. The topological polar surface area (TPSA) is 45.2 Å². The van der Waals surface area contributed by atoms with Gasteiger partial charge in [-0.25, -0.2) is 0 Å². The fourth-order valence-corrected chi connectivity index (χ4v) is 3.66. The van der Waals surface area contributed by atoms with Crippen molar-refractivity contribution < 1.29 is 14.6 Å². The van der Waals surface area contributed by atoms with Gasteiger partial charge in [0.15, 0.2) is 5.79 Å². The Kier molecular flexibility index (Phi) is 4.10. The van der Waals surface area contributed by atoms with Crippen LogP contribution in [0, 0.1) is 0 Å². The summed E-state index contributed by atoms with van der Waals surface area (Å²) in [6.45, 7) is 9.04. The van der Waals surface area contributed by atoms with Crippen LogP contribution in [-0.4, -0.2) is 78.8 Å². The zero-order chi connectivity index (χ0) is 13.3. The van der Waals surface area contributed by atoms with Gasteiger partial charge in [-0.3, -0.25) is 4.90 Å². The maximum atomic E-state index is 10.3. The number of aliphatic hydroxyl groups excluding tert-OH is 1. The van der Waals surface area contributed by atoms with Crippen LogP contribution < -0.4 is 0 Å². The van der Waals surface area contributed by atoms with Crippen molar-refractivity contribution in [3.05, 3.63) is 0 Å². The summed E-state index contributed by atoms with van der Waals surface area (Å²) in [5.74, 6) is -0.397. The van der Waals surface area contributed by atoms with E-state index in [2.05, 4.69) is 16.7 Å². The summed E-state index contributed by atoms with van der Waals surface area (Å²) < 4.78 is 11.6. The van der Waals surface area contributed by atoms with Crippen molar-refractivity contribution in [1.29, 1.82) is 0 Å². The summed E-state index contributed by atoms with van der Waals surface area (Å²) in [4.78, 5) is 4.90. The monoisotopic (exact) mass is 270 g/mol. The van der Waals surface area contributed by atoms with E-state index in [4.69, 9.17) is 9.47 Å². The third-order valence-electron chi connectivity index (χ3n) is 4.92. The third-order valence-corrected chi connectivity index (χ3v) is 4.92. The van der Waals surface area contributed by atoms with Crippen molar-refractivity contribution in [3.8, 4) is 0 Å². The van der Waals surface area contributed by atoms with Crippen molar-refractivity contribution in [1.82, 2.24) is 9.80 Å². The molecular formula is C14H26N2O3. The molecule has 0 bridgehead atoms. The minimum Gasteiger partial charge on any atom is -0.391 e. The third kappa shape index (κ3) is 2.81. The second-order valence-corrected chi connectivity index (χ2v) is 5.96. The number of nitrogens with zero attached hydrogens (tertiary/aromatic N) is 2. The molecule has 2 unspecified atom stereocenters. The molecule has 110 valence electrons. The Morgan fingerprint density at radius 3 is 2.47 bits per heavy atom. The Balaban J connectivity index is 1.62. The van der Waals surface area contributed by atoms with Crippen LogP contribution in [0.15, 0.2) is 0 Å². The van der Waals surface area contributed by atoms with E-state index in [1.54, 1.807) is 0 Å². The Morgan fingerprint density at radius 1 is 1.16 bits per heavy atom. The highest BCUT2D eigenvalue weighted by atomic mass is 16.7. The predicted octanol–water partition coefficient (Wildman–Crippen LogP) is 0.280. The second kappa shape index (κ2) is 5.66. The molecule has 0 radical (unpaired) electrons. The molecule has 3 rings (SSSR count). The molecule has 19 heavy (non-hydrogen) atoms. The molecule has 0 amide bonds. The average molecular weight is 270 g/mol. The van der Waals surface area contributed by atoms with Crippen LogP contribution in [0.25, 0.3) is 0 Å². The minimum atomic E-state index is -0.397. The van der Waals surface area contributed by atoms with Crippen LogP contribution in [-0.2, 0) is 9.47 Å². The number of likely N-dealkylation sites (N-methyl/N-ethyl adjacent to an activating group) is 1. The van der Waals surface area contributed by atoms with Gasteiger partial charge in [0.05, 0.1) is 19.3 Å². The number of hydrogen-bond acceptors (Lipinski definition) is 5. The summed E-state index contributed by atoms with van der Waals surface area (Å²) in [6.07, 6.45) is 2.21. The molecule has 0 aromatic rings. The van der Waals surface area contributed by atoms with Gasteiger partial charge in [0.2, 0.25) is 0 Å². The summed E-state index contributed by atoms with van der Waals surface area (Å²) in [5.41, 5.74) is 0. The van der Waals surface area contributed by atoms with E-state index >= 15 is 0 Å². The van der Waals surface area contributed by atoms with Gasteiger partial charge in [0.25, 0.3) is 0 Å². The first-order valence-corrected chi connectivity index (χ1v) is 7.65. The summed E-state index contributed by atoms with van der Waals surface area (Å²) >= 11 is 0. The first-order chi connectivity index (χ1) is 9.22. The zero-order valence-electron chi connectivity index (χ0n) is 11.9. The van der Waals surface area contributed by atoms with Crippen LogP contribution in [0.2, 0.25) is 0 Å². The van der Waals surface area contributed by atoms with E-state index < -0.39 is 5.79 Å². The van der Waals surface area contributed by atoms with Gasteiger partial charge >= 0.3 is 0 Å². The molecule has 1 N–H and O–H groups in total. The standard InChI is InChI=1S/C14H26N2O3/c1-2-15-5-7-16(8-6-15)12-11-14(4-3-13(12)17)18-9-10-19-14/h12-13,17H,2-11H2,1H3. The second-order valence-electron chi connectivity index (χ2n) is 5.96. The van der Waals surface area contributed by atoms with E-state index in [0.29, 0.717) is 13.2 Å². The quantitative estimate of drug-likeness (QED) is 0.781. The molecule has 5 heteroatoms. The lowest BCUT2D eigenvalue weighted by atomic mass is 9.86. The first kappa shape index (κ1) is 13.8. The largest absolute Gasteiger partial charge is 0.391 e. The molecule has 1 spiro atoms. The molecule has 2 heterocycles. The SMILES string of the molecule is CCN1CCN(C2CC3(CCC2O)OCCO3)CC1. The van der Waals surface area contributed by atoms with E-state index in [1.165, 1.54) is 0 Å². The Labute approximate surface area is 115 Å². The summed E-state index contributed by atoms with van der Waals surface area (Å²) in [5, 5.41) is 10.3. The maximum absolute atomic E-state index is 10.3. The van der Waals surface area contributed by atoms with E-state index in [1.807, 2.05) is 0 Å². The van der Waals surface area contributed by atoms with E-state index in [9.17, 15) is 5.11 Å². The molecule has 5 nitrogen and oxygen atoms in total. The van der Waals surface area contributed by atoms with Crippen molar-refractivity contribution in [3.63, 3.8) is 0 Å². The summed E-state index contributed by atoms with van der Waals surface area (Å²) in [6, 6.07) is 0.200. The first-order valence-electron chi connectivity index (χ1n) is 7.65. The lowest BCUT2D eigenvalue weighted by Gasteiger charge is -2.46. The molecule has 3 fully saturated rings. The highest BCUT2D eigenvalue weighted by Gasteiger charge is 2.46. The van der Waals surface area contributed by atoms with Gasteiger partial charge in [0, 0.05) is 45.1 Å². The normalized spacial score (nSPS) is 36.9. The van der Waals surface area contributed by atoms with Crippen molar-refractivity contribution in [2.24, 2.45) is 0 Å².